The summed E-state index contributed by atoms with van der Waals surface area (Å²) in [5, 5.41) is 28.4. The molecule has 0 aliphatic rings. The molecule has 0 spiro atoms. The number of unbranched alkanes of at least 4 members (excludes halogenated alkanes) is 1. The maximum Gasteiger partial charge on any atom is 0.303 e. The van der Waals surface area contributed by atoms with Crippen LogP contribution in [0.1, 0.15) is 85.9 Å². The normalized spacial score (nSPS) is 24.5. The highest BCUT2D eigenvalue weighted by atomic mass is 16.4. The second-order valence-corrected chi connectivity index (χ2v) is 4.99. The monoisotopic (exact) mass is 349 g/mol. The van der Waals surface area contributed by atoms with E-state index in [-0.39, 0.29) is 25.7 Å². The van der Waals surface area contributed by atoms with Crippen LogP contribution in [0.15, 0.2) is 36.5 Å². The molecule has 0 radical (unpaired) electrons. The number of aliphatic hydroxyl groups is 2. The second-order valence-electron chi connectivity index (χ2n) is 4.99. The first-order valence-electron chi connectivity index (χ1n) is 13.3. The number of carboxylic acid groups (broad SMARTS) is 1. The fourth-order valence-electron chi connectivity index (χ4n) is 1.69. The molecule has 4 heteroatoms. The average molecular weight is 350 g/mol. The van der Waals surface area contributed by atoms with Gasteiger partial charge in [-0.2, -0.15) is 0 Å². The maximum absolute atomic E-state index is 10.4. The van der Waals surface area contributed by atoms with Gasteiger partial charge in [0.1, 0.15) is 0 Å². The van der Waals surface area contributed by atoms with Gasteiger partial charge in [0.25, 0.3) is 0 Å². The zero-order chi connectivity index (χ0) is 27.7. The van der Waals surface area contributed by atoms with Crippen molar-refractivity contribution >= 4 is 5.97 Å². The molecule has 0 fully saturated rings. The third-order valence-corrected chi connectivity index (χ3v) is 2.96. The number of carboxylic acids is 1. The lowest BCUT2D eigenvalue weighted by molar-refractivity contribution is -0.137. The Morgan fingerprint density at radius 1 is 1.04 bits per heavy atom. The summed E-state index contributed by atoms with van der Waals surface area (Å²) < 4.78 is 83.7. The zero-order valence-corrected chi connectivity index (χ0v) is 13.6. The van der Waals surface area contributed by atoms with Crippen LogP contribution in [0.5, 0.6) is 0 Å². The molecule has 138 valence electrons. The van der Waals surface area contributed by atoms with E-state index in [9.17, 15) is 15.0 Å². The van der Waals surface area contributed by atoms with Gasteiger partial charge >= 0.3 is 5.97 Å². The number of aliphatic hydroxyl groups excluding tert-OH is 2. The van der Waals surface area contributed by atoms with Crippen molar-refractivity contribution in [3.05, 3.63) is 36.5 Å². The molecule has 0 aromatic heterocycles. The van der Waals surface area contributed by atoms with Crippen LogP contribution in [-0.2, 0) is 4.79 Å². The van der Waals surface area contributed by atoms with Crippen LogP contribution >= 0.6 is 0 Å². The molecule has 0 aromatic rings. The number of rotatable bonds is 15. The molecule has 2 unspecified atom stereocenters. The Balaban J connectivity index is 4.85. The van der Waals surface area contributed by atoms with Crippen molar-refractivity contribution in [2.75, 3.05) is 0 Å². The molecule has 0 aromatic carbocycles. The highest BCUT2D eigenvalue weighted by Gasteiger charge is 2.12. The smallest absolute Gasteiger partial charge is 0.303 e. The molecule has 2 atom stereocenters. The topological polar surface area (TPSA) is 77.8 Å². The summed E-state index contributed by atoms with van der Waals surface area (Å²) >= 11 is 0. The van der Waals surface area contributed by atoms with E-state index < -0.39 is 50.5 Å². The van der Waals surface area contributed by atoms with Gasteiger partial charge in [-0.1, -0.05) is 56.1 Å². The molecule has 24 heavy (non-hydrogen) atoms. The molecule has 0 saturated carbocycles. The predicted octanol–water partition coefficient (Wildman–Crippen LogP) is 4.38. The number of hydrogen-bond donors (Lipinski definition) is 3. The standard InChI is InChI=1S/C20H34O4/c1-2-3-4-5-6-7-8-9-12-15-18(21)19(22)16-13-10-11-14-17-20(23)24/h6-7,9-10,12-13,18-19,21-22H,2-5,8,11,14-17H2,1H3,(H,23,24)/b7-6-,12-9-,13-10-/i1D3,2D2,3D2,4D2,5D2. The molecule has 0 heterocycles. The van der Waals surface area contributed by atoms with E-state index in [0.29, 0.717) is 18.9 Å². The zero-order valence-electron chi connectivity index (χ0n) is 24.6. The first kappa shape index (κ1) is 9.93. The van der Waals surface area contributed by atoms with Gasteiger partial charge in [0.2, 0.25) is 0 Å². The van der Waals surface area contributed by atoms with Crippen molar-refractivity contribution in [3.8, 4) is 0 Å². The predicted molar refractivity (Wildman–Crippen MR) is 98.9 cm³/mol. The van der Waals surface area contributed by atoms with Crippen molar-refractivity contribution in [2.45, 2.75) is 83.1 Å². The molecule has 0 aliphatic carbocycles. The Kier molecular flexibility index (Phi) is 6.81. The van der Waals surface area contributed by atoms with Crippen LogP contribution in [0, 0.1) is 0 Å². The summed E-state index contributed by atoms with van der Waals surface area (Å²) in [4.78, 5) is 10.4. The van der Waals surface area contributed by atoms with Crippen molar-refractivity contribution in [3.63, 3.8) is 0 Å². The summed E-state index contributed by atoms with van der Waals surface area (Å²) in [6, 6.07) is 0. The van der Waals surface area contributed by atoms with Crippen molar-refractivity contribution in [1.82, 2.24) is 0 Å². The van der Waals surface area contributed by atoms with Crippen LogP contribution in [0.4, 0.5) is 0 Å². The van der Waals surface area contributed by atoms with Crippen LogP contribution < -0.4 is 0 Å². The SMILES string of the molecule is [2H]C([2H])([2H])C([2H])([2H])C([2H])([2H])C([2H])([2H])C([2H])([2H])/C=C\C/C=C\CC(O)C(O)C/C=C\CCCC(=O)O. The molecule has 0 amide bonds. The Bertz CT molecular complexity index is 759. The first-order chi connectivity index (χ1) is 15.7. The Morgan fingerprint density at radius 3 is 2.38 bits per heavy atom. The lowest BCUT2D eigenvalue weighted by atomic mass is 10.1. The van der Waals surface area contributed by atoms with Crippen LogP contribution in [0.3, 0.4) is 0 Å². The molecule has 0 saturated heterocycles. The molecule has 0 bridgehead atoms. The van der Waals surface area contributed by atoms with Crippen molar-refractivity contribution in [1.29, 1.82) is 0 Å². The number of aliphatic carboxylic acids is 1. The molecular weight excluding hydrogens is 304 g/mol. The Labute approximate surface area is 162 Å². The fourth-order valence-corrected chi connectivity index (χ4v) is 1.69. The van der Waals surface area contributed by atoms with Gasteiger partial charge in [-0.05, 0) is 44.8 Å². The highest BCUT2D eigenvalue weighted by molar-refractivity contribution is 5.66. The minimum absolute atomic E-state index is 0.0471. The molecule has 0 rings (SSSR count). The van der Waals surface area contributed by atoms with Crippen LogP contribution in [-0.4, -0.2) is 33.5 Å². The molecule has 3 N–H and O–H groups in total. The van der Waals surface area contributed by atoms with Crippen LogP contribution in [0.25, 0.3) is 0 Å². The van der Waals surface area contributed by atoms with Gasteiger partial charge in [0, 0.05) is 21.5 Å². The van der Waals surface area contributed by atoms with Gasteiger partial charge < -0.3 is 15.3 Å². The van der Waals surface area contributed by atoms with E-state index in [4.69, 9.17) is 20.2 Å². The average Bonchev–Trinajstić information content (AvgIpc) is 2.71. The fraction of sp³-hybridized carbons (Fsp3) is 0.650. The summed E-state index contributed by atoms with van der Waals surface area (Å²) in [6.45, 7) is -3.52. The van der Waals surface area contributed by atoms with E-state index in [1.54, 1.807) is 12.2 Å². The number of allylic oxidation sites excluding steroid dienone is 4. The summed E-state index contributed by atoms with van der Waals surface area (Å²) in [6.07, 6.45) is -6.50. The van der Waals surface area contributed by atoms with Gasteiger partial charge in [-0.15, -0.1) is 0 Å². The summed E-state index contributed by atoms with van der Waals surface area (Å²) in [7, 11) is 0. The summed E-state index contributed by atoms with van der Waals surface area (Å²) in [5.74, 6) is -0.887. The number of hydrogen-bond acceptors (Lipinski definition) is 3. The van der Waals surface area contributed by atoms with E-state index in [0.717, 1.165) is 6.08 Å². The van der Waals surface area contributed by atoms with Gasteiger partial charge in [0.15, 0.2) is 0 Å². The quantitative estimate of drug-likeness (QED) is 0.303. The molecule has 0 aliphatic heterocycles. The van der Waals surface area contributed by atoms with E-state index in [1.807, 2.05) is 0 Å². The Morgan fingerprint density at radius 2 is 1.71 bits per heavy atom. The maximum atomic E-state index is 10.4. The summed E-state index contributed by atoms with van der Waals surface area (Å²) in [5.41, 5.74) is 0. The van der Waals surface area contributed by atoms with E-state index in [1.165, 1.54) is 12.2 Å². The Hall–Kier alpha value is -1.39. The van der Waals surface area contributed by atoms with Crippen molar-refractivity contribution < 1.29 is 35.2 Å². The minimum Gasteiger partial charge on any atom is -0.481 e. The van der Waals surface area contributed by atoms with E-state index >= 15 is 0 Å². The largest absolute Gasteiger partial charge is 0.481 e. The van der Waals surface area contributed by atoms with Gasteiger partial charge in [0.05, 0.1) is 12.2 Å². The molecular formula is C20H34O4. The highest BCUT2D eigenvalue weighted by Crippen LogP contribution is 2.07. The minimum atomic E-state index is -3.69. The van der Waals surface area contributed by atoms with Crippen molar-refractivity contribution in [2.24, 2.45) is 0 Å². The third-order valence-electron chi connectivity index (χ3n) is 2.96. The third kappa shape index (κ3) is 15.5. The molecule has 4 nitrogen and oxygen atoms in total. The second kappa shape index (κ2) is 16.5. The lowest BCUT2D eigenvalue weighted by Crippen LogP contribution is -2.24. The van der Waals surface area contributed by atoms with Gasteiger partial charge in [-0.25, -0.2) is 0 Å². The van der Waals surface area contributed by atoms with E-state index in [2.05, 4.69) is 0 Å². The van der Waals surface area contributed by atoms with Crippen LogP contribution in [0.2, 0.25) is 0 Å². The van der Waals surface area contributed by atoms with Gasteiger partial charge in [-0.3, -0.25) is 4.79 Å². The lowest BCUT2D eigenvalue weighted by Gasteiger charge is -2.14. The number of carbonyl (C=O) groups is 1. The first-order valence-corrected chi connectivity index (χ1v) is 7.78.